The molecule has 0 aliphatic carbocycles. The Kier molecular flexibility index (Phi) is 115. The Morgan fingerprint density at radius 3 is 0.253 bits per heavy atom. The summed E-state index contributed by atoms with van der Waals surface area (Å²) in [6.07, 6.45) is 2.38. The normalized spacial score (nSPS) is 11.4. The van der Waals surface area contributed by atoms with Gasteiger partial charge in [0.05, 0.1) is 0 Å². The first kappa shape index (κ1) is 125. The van der Waals surface area contributed by atoms with Crippen LogP contribution >= 0.6 is 27.9 Å². The van der Waals surface area contributed by atoms with E-state index in [0.29, 0.717) is 0 Å². The quantitative estimate of drug-likeness (QED) is 0.0671. The average molecular weight is 2380 g/mol. The van der Waals surface area contributed by atoms with Crippen molar-refractivity contribution < 1.29 is 216 Å². The van der Waals surface area contributed by atoms with Gasteiger partial charge in [-0.15, -0.1) is 0 Å². The van der Waals surface area contributed by atoms with E-state index in [1.165, 1.54) is 0 Å². The molecule has 0 bridgehead atoms. The molecule has 0 heterocycles. The minimum Gasteiger partial charge on any atom is -2.00 e. The second kappa shape index (κ2) is 68.7. The van der Waals surface area contributed by atoms with Crippen molar-refractivity contribution in [3.05, 3.63) is 0 Å². The van der Waals surface area contributed by atoms with Crippen molar-refractivity contribution in [1.82, 2.24) is 0 Å². The maximum Gasteiger partial charge on any atom is 0 e. The molecule has 0 aromatic heterocycles. The molecule has 0 aromatic carbocycles. The van der Waals surface area contributed by atoms with Gasteiger partial charge in [0, 0.05) is 156 Å². The molecule has 13 nitrogen and oxygen atoms in total. The fourth-order valence-electron chi connectivity index (χ4n) is 3.25. The molecule has 75 heavy (non-hydrogen) atoms. The molecule has 432 valence electrons. The smallest absolute Gasteiger partial charge is 0 e. The Balaban J connectivity index is -0.0000000433. The molecule has 0 amide bonds. The van der Waals surface area contributed by atoms with E-state index < -0.39 is 27.9 Å². The summed E-state index contributed by atoms with van der Waals surface area (Å²) in [6.45, 7) is 47.8. The molecule has 0 fully saturated rings. The maximum absolute atomic E-state index is 5.53. The van der Waals surface area contributed by atoms with Crippen molar-refractivity contribution in [2.24, 2.45) is 0 Å². The minimum atomic E-state index is -1.80. The van der Waals surface area contributed by atoms with Crippen molar-refractivity contribution >= 4 is 212 Å². The Hall–Kier alpha value is 13.3. The molecule has 0 saturated carbocycles. The van der Waals surface area contributed by atoms with E-state index in [2.05, 4.69) is 184 Å². The minimum absolute atomic E-state index is 0. The van der Waals surface area contributed by atoms with E-state index in [1.54, 1.807) is 0 Å². The summed E-state index contributed by atoms with van der Waals surface area (Å²) in [5.74, 6) is 0. The van der Waals surface area contributed by atoms with Gasteiger partial charge in [0.15, 0.2) is 0 Å². The number of hydrogen-bond acceptors (Lipinski definition) is 12. The predicted molar refractivity (Wildman–Crippen MR) is 306 cm³/mol. The number of rotatable bonds is 24. The van der Waals surface area contributed by atoms with Gasteiger partial charge < -0.3 is 5.48 Å². The van der Waals surface area contributed by atoms with E-state index >= 15 is 0 Å². The van der Waals surface area contributed by atoms with Gasteiger partial charge >= 0.3 is 506 Å². The summed E-state index contributed by atoms with van der Waals surface area (Å²) in [5.41, 5.74) is 0. The van der Waals surface area contributed by atoms with Gasteiger partial charge in [0.25, 0.3) is 0 Å². The van der Waals surface area contributed by atoms with Crippen molar-refractivity contribution in [2.45, 2.75) is 239 Å². The maximum atomic E-state index is 5.53. The van der Waals surface area contributed by atoms with Crippen LogP contribution in [0, 0.1) is 0 Å². The van der Waals surface area contributed by atoms with Crippen molar-refractivity contribution in [1.29, 1.82) is 0 Å². The van der Waals surface area contributed by atoms with Crippen molar-refractivity contribution in [3.63, 3.8) is 0 Å². The SMILES string of the molecule is CC(C)OP(=[Se])([Se-])OC(C)C.CC(C)OP(=[Se])([Se-])OC(C)C.CC(C)OP(=[Se])([Se-])OC(C)C.CC(C)OP(=[Se])([Se-])OC(C)C.CC(C)OP(=[Se])([Se-])OC(C)C.CC(C)OP(=[Se])([Se-])OC(C)C.[O-2].[Zn].[Zn].[Zn].[Zn].[Zn].[Zn].[Zn].[Zn]. The monoisotopic (exact) mass is 2380 g/mol. The molecule has 39 heteroatoms. The van der Waals surface area contributed by atoms with Gasteiger partial charge in [0.1, 0.15) is 0 Å². The summed E-state index contributed by atoms with van der Waals surface area (Å²) < 4.78 is 55.5. The van der Waals surface area contributed by atoms with Crippen LogP contribution < -0.4 is 0 Å². The third kappa shape index (κ3) is 118. The first-order valence-corrected chi connectivity index (χ1v) is 57.4. The Morgan fingerprint density at radius 1 is 0.187 bits per heavy atom. The zero-order chi connectivity index (χ0) is 54.4. The number of hydrogen-bond donors (Lipinski definition) is 0. The molecule has 0 unspecified atom stereocenters. The average Bonchev–Trinajstić information content (AvgIpc) is 2.90. The second-order valence-electron chi connectivity index (χ2n) is 16.5. The third-order valence-corrected chi connectivity index (χ3v) is 25.2. The molecule has 0 radical (unpaired) electrons. The zero-order valence-electron chi connectivity index (χ0n) is 49.5. The van der Waals surface area contributed by atoms with E-state index in [1.807, 2.05) is 166 Å². The van der Waals surface area contributed by atoms with Gasteiger partial charge in [-0.1, -0.05) is 0 Å². The topological polar surface area (TPSA) is 139 Å². The molecule has 0 rings (SSSR count). The van der Waals surface area contributed by atoms with Gasteiger partial charge in [-0.3, -0.25) is 0 Å². The van der Waals surface area contributed by atoms with Crippen LogP contribution in [0.5, 0.6) is 0 Å². The van der Waals surface area contributed by atoms with E-state index in [9.17, 15) is 0 Å². The van der Waals surface area contributed by atoms with Crippen LogP contribution in [-0.4, -0.2) is 257 Å². The molecular weight excluding hydrogens is 2300 g/mol. The van der Waals surface area contributed by atoms with Crippen LogP contribution in [0.25, 0.3) is 0 Å². The first-order valence-electron chi connectivity index (χ1n) is 21.1. The van der Waals surface area contributed by atoms with Gasteiger partial charge in [-0.2, -0.15) is 0 Å². The second-order valence-corrected chi connectivity index (χ2v) is 81.8. The Bertz CT molecular complexity index is 1190. The van der Waals surface area contributed by atoms with Crippen molar-refractivity contribution in [2.75, 3.05) is 0 Å². The van der Waals surface area contributed by atoms with Gasteiger partial charge in [-0.25, -0.2) is 0 Å². The molecular formula is C36H84O13P6Se12Zn8-8. The summed E-state index contributed by atoms with van der Waals surface area (Å²) in [7, 11) is 0. The van der Waals surface area contributed by atoms with Crippen LogP contribution in [0.15, 0.2) is 0 Å². The van der Waals surface area contributed by atoms with Crippen LogP contribution in [0.2, 0.25) is 0 Å². The largest absolute Gasteiger partial charge is 2.00 e. The van der Waals surface area contributed by atoms with E-state index in [-0.39, 0.29) is 235 Å². The van der Waals surface area contributed by atoms with Gasteiger partial charge in [-0.05, 0) is 0 Å². The molecule has 0 aliphatic heterocycles. The van der Waals surface area contributed by atoms with Crippen LogP contribution in [0.4, 0.5) is 0 Å². The van der Waals surface area contributed by atoms with Crippen LogP contribution in [-0.2, 0) is 216 Å². The molecule has 0 aromatic rings. The standard InChI is InChI=1S/6C6H15O2PSe2.O.8Zn/c6*1-5(2)7-9(10,11)8-6(3)4;;;;;;;;;/h6*5-6H,1-4H3,(H,10,11);;;;;;;;;/q;;;;;;-2;;;;;;;;/p-6. The first-order chi connectivity index (χ1) is 29.0. The summed E-state index contributed by atoms with van der Waals surface area (Å²) in [6, 6.07) is 0. The fraction of sp³-hybridized carbons (Fsp3) is 1.00. The molecule has 0 atom stereocenters. The Labute approximate surface area is 655 Å². The van der Waals surface area contributed by atoms with Gasteiger partial charge in [0.2, 0.25) is 0 Å². The predicted octanol–water partition coefficient (Wildman–Crippen LogP) is 11.0. The molecule has 0 N–H and O–H groups in total. The zero-order valence-corrected chi connectivity index (χ0v) is 99.1. The molecule has 0 saturated heterocycles. The van der Waals surface area contributed by atoms with E-state index in [4.69, 9.17) is 54.3 Å². The summed E-state index contributed by atoms with van der Waals surface area (Å²) >= 11 is 35.1. The van der Waals surface area contributed by atoms with Crippen molar-refractivity contribution in [3.8, 4) is 0 Å². The summed E-state index contributed by atoms with van der Waals surface area (Å²) in [4.78, 5) is 0. The van der Waals surface area contributed by atoms with E-state index in [0.717, 1.165) is 0 Å². The molecule has 0 aliphatic rings. The fourth-order valence-corrected chi connectivity index (χ4v) is 35.7. The van der Waals surface area contributed by atoms with Crippen LogP contribution in [0.3, 0.4) is 0 Å². The van der Waals surface area contributed by atoms with Crippen LogP contribution in [0.1, 0.15) is 166 Å². The molecule has 0 spiro atoms. The summed E-state index contributed by atoms with van der Waals surface area (Å²) in [5, 5.41) is 0. The Morgan fingerprint density at radius 2 is 0.227 bits per heavy atom. The third-order valence-electron chi connectivity index (χ3n) is 4.08.